The fourth-order valence-corrected chi connectivity index (χ4v) is 2.25. The molecule has 0 saturated carbocycles. The van der Waals surface area contributed by atoms with Gasteiger partial charge >= 0.3 is 0 Å². The fourth-order valence-electron chi connectivity index (χ4n) is 2.25. The molecule has 0 radical (unpaired) electrons. The summed E-state index contributed by atoms with van der Waals surface area (Å²) in [4.78, 5) is 14.7. The highest BCUT2D eigenvalue weighted by atomic mass is 16.1. The standard InChI is InChI=1S/C14H13NO/c16-12-6-3-5-10(8-12)14-9-11-4-1-2-7-13(11)15-14/h1-2,4,7-9,15H,3,5-6H2. The monoisotopic (exact) mass is 211 g/mol. The van der Waals surface area contributed by atoms with E-state index in [0.29, 0.717) is 6.42 Å². The average Bonchev–Trinajstić information content (AvgIpc) is 2.72. The second-order valence-corrected chi connectivity index (χ2v) is 4.26. The van der Waals surface area contributed by atoms with Crippen LogP contribution in [-0.4, -0.2) is 10.8 Å². The van der Waals surface area contributed by atoms with Crippen molar-refractivity contribution in [1.29, 1.82) is 0 Å². The summed E-state index contributed by atoms with van der Waals surface area (Å²) >= 11 is 0. The molecule has 2 heteroatoms. The Bertz CT molecular complexity index is 544. The highest BCUT2D eigenvalue weighted by molar-refractivity contribution is 5.99. The minimum absolute atomic E-state index is 0.250. The first-order chi connectivity index (χ1) is 7.83. The minimum atomic E-state index is 0.250. The van der Waals surface area contributed by atoms with E-state index >= 15 is 0 Å². The Balaban J connectivity index is 2.09. The predicted octanol–water partition coefficient (Wildman–Crippen LogP) is 3.30. The van der Waals surface area contributed by atoms with Crippen LogP contribution in [0.15, 0.2) is 36.4 Å². The molecule has 1 heterocycles. The highest BCUT2D eigenvalue weighted by Crippen LogP contribution is 2.27. The number of aromatic nitrogens is 1. The zero-order valence-electron chi connectivity index (χ0n) is 8.99. The molecule has 1 aromatic carbocycles. The number of nitrogens with one attached hydrogen (secondary N) is 1. The number of ketones is 1. The number of hydrogen-bond donors (Lipinski definition) is 1. The number of aromatic amines is 1. The van der Waals surface area contributed by atoms with Crippen LogP contribution in [0.5, 0.6) is 0 Å². The summed E-state index contributed by atoms with van der Waals surface area (Å²) in [5.74, 6) is 0.250. The van der Waals surface area contributed by atoms with Crippen molar-refractivity contribution in [1.82, 2.24) is 4.98 Å². The summed E-state index contributed by atoms with van der Waals surface area (Å²) in [5.41, 5.74) is 3.37. The molecular weight excluding hydrogens is 198 g/mol. The number of benzene rings is 1. The Morgan fingerprint density at radius 1 is 1.12 bits per heavy atom. The maximum absolute atomic E-state index is 11.4. The molecule has 2 aromatic rings. The second-order valence-electron chi connectivity index (χ2n) is 4.26. The van der Waals surface area contributed by atoms with Crippen molar-refractivity contribution in [2.75, 3.05) is 0 Å². The fraction of sp³-hybridized carbons (Fsp3) is 0.214. The summed E-state index contributed by atoms with van der Waals surface area (Å²) in [6.07, 6.45) is 4.45. The minimum Gasteiger partial charge on any atom is -0.355 e. The molecule has 0 saturated heterocycles. The molecule has 16 heavy (non-hydrogen) atoms. The van der Waals surface area contributed by atoms with Crippen molar-refractivity contribution in [3.63, 3.8) is 0 Å². The first-order valence-corrected chi connectivity index (χ1v) is 5.64. The van der Waals surface area contributed by atoms with Gasteiger partial charge in [-0.25, -0.2) is 0 Å². The molecular formula is C14H13NO. The topological polar surface area (TPSA) is 32.9 Å². The van der Waals surface area contributed by atoms with E-state index in [4.69, 9.17) is 0 Å². The molecule has 3 rings (SSSR count). The van der Waals surface area contributed by atoms with Crippen LogP contribution < -0.4 is 0 Å². The molecule has 2 nitrogen and oxygen atoms in total. The zero-order chi connectivity index (χ0) is 11.0. The molecule has 0 atom stereocenters. The van der Waals surface area contributed by atoms with Crippen LogP contribution in [0.25, 0.3) is 16.5 Å². The zero-order valence-corrected chi connectivity index (χ0v) is 8.99. The first kappa shape index (κ1) is 9.40. The highest BCUT2D eigenvalue weighted by Gasteiger charge is 2.12. The third kappa shape index (κ3) is 1.56. The number of allylic oxidation sites excluding steroid dienone is 2. The number of carbonyl (C=O) groups excluding carboxylic acids is 1. The van der Waals surface area contributed by atoms with Gasteiger partial charge in [0.2, 0.25) is 0 Å². The van der Waals surface area contributed by atoms with Gasteiger partial charge in [-0.15, -0.1) is 0 Å². The lowest BCUT2D eigenvalue weighted by atomic mass is 9.96. The number of carbonyl (C=O) groups is 1. The molecule has 80 valence electrons. The summed E-state index contributed by atoms with van der Waals surface area (Å²) < 4.78 is 0. The molecule has 1 aromatic heterocycles. The lowest BCUT2D eigenvalue weighted by Crippen LogP contribution is -2.01. The molecule has 0 aliphatic heterocycles. The molecule has 0 unspecified atom stereocenters. The van der Waals surface area contributed by atoms with Crippen molar-refractivity contribution in [3.05, 3.63) is 42.1 Å². The number of rotatable bonds is 1. The van der Waals surface area contributed by atoms with Gasteiger partial charge in [0.05, 0.1) is 0 Å². The van der Waals surface area contributed by atoms with Gasteiger partial charge < -0.3 is 4.98 Å². The average molecular weight is 211 g/mol. The first-order valence-electron chi connectivity index (χ1n) is 5.64. The maximum atomic E-state index is 11.4. The van der Waals surface area contributed by atoms with Crippen LogP contribution in [0.3, 0.4) is 0 Å². The number of H-pyrrole nitrogens is 1. The van der Waals surface area contributed by atoms with Gasteiger partial charge in [-0.3, -0.25) is 4.79 Å². The van der Waals surface area contributed by atoms with Crippen molar-refractivity contribution in [2.24, 2.45) is 0 Å². The SMILES string of the molecule is O=C1C=C(c2cc3ccccc3[nH]2)CCC1. The Kier molecular flexibility index (Phi) is 2.13. The van der Waals surface area contributed by atoms with E-state index in [1.165, 1.54) is 5.39 Å². The third-order valence-corrected chi connectivity index (χ3v) is 3.08. The lowest BCUT2D eigenvalue weighted by Gasteiger charge is -2.09. The summed E-state index contributed by atoms with van der Waals surface area (Å²) in [5, 5.41) is 1.21. The van der Waals surface area contributed by atoms with E-state index < -0.39 is 0 Å². The van der Waals surface area contributed by atoms with Crippen molar-refractivity contribution in [3.8, 4) is 0 Å². The molecule has 0 amide bonds. The third-order valence-electron chi connectivity index (χ3n) is 3.08. The van der Waals surface area contributed by atoms with E-state index in [-0.39, 0.29) is 5.78 Å². The molecule has 0 bridgehead atoms. The van der Waals surface area contributed by atoms with Gasteiger partial charge in [-0.1, -0.05) is 18.2 Å². The van der Waals surface area contributed by atoms with Gasteiger partial charge in [-0.05, 0) is 42.0 Å². The number of fused-ring (bicyclic) bond motifs is 1. The van der Waals surface area contributed by atoms with Crippen LogP contribution in [0.2, 0.25) is 0 Å². The van der Waals surface area contributed by atoms with Gasteiger partial charge in [0.1, 0.15) is 0 Å². The van der Waals surface area contributed by atoms with E-state index in [1.807, 2.05) is 12.1 Å². The second kappa shape index (κ2) is 3.63. The maximum Gasteiger partial charge on any atom is 0.156 e. The molecule has 0 fully saturated rings. The largest absolute Gasteiger partial charge is 0.355 e. The van der Waals surface area contributed by atoms with Gasteiger partial charge in [0, 0.05) is 17.6 Å². The smallest absolute Gasteiger partial charge is 0.156 e. The summed E-state index contributed by atoms with van der Waals surface area (Å²) in [6.45, 7) is 0. The van der Waals surface area contributed by atoms with Crippen molar-refractivity contribution in [2.45, 2.75) is 19.3 Å². The van der Waals surface area contributed by atoms with Crippen molar-refractivity contribution >= 4 is 22.3 Å². The quantitative estimate of drug-likeness (QED) is 0.771. The lowest BCUT2D eigenvalue weighted by molar-refractivity contribution is -0.114. The Labute approximate surface area is 94.0 Å². The Hall–Kier alpha value is -1.83. The molecule has 1 aliphatic rings. The van der Waals surface area contributed by atoms with Gasteiger partial charge in [0.15, 0.2) is 5.78 Å². The Morgan fingerprint density at radius 3 is 2.81 bits per heavy atom. The molecule has 1 aliphatic carbocycles. The van der Waals surface area contributed by atoms with E-state index in [0.717, 1.165) is 29.6 Å². The summed E-state index contributed by atoms with van der Waals surface area (Å²) in [7, 11) is 0. The van der Waals surface area contributed by atoms with Gasteiger partial charge in [-0.2, -0.15) is 0 Å². The molecule has 0 spiro atoms. The van der Waals surface area contributed by atoms with Crippen LogP contribution in [0, 0.1) is 0 Å². The van der Waals surface area contributed by atoms with Crippen LogP contribution >= 0.6 is 0 Å². The summed E-state index contributed by atoms with van der Waals surface area (Å²) in [6, 6.07) is 10.3. The van der Waals surface area contributed by atoms with E-state index in [1.54, 1.807) is 6.08 Å². The number of para-hydroxylation sites is 1. The Morgan fingerprint density at radius 2 is 2.00 bits per heavy atom. The van der Waals surface area contributed by atoms with Crippen LogP contribution in [-0.2, 0) is 4.79 Å². The van der Waals surface area contributed by atoms with E-state index in [9.17, 15) is 4.79 Å². The normalized spacial score (nSPS) is 16.5. The number of hydrogen-bond acceptors (Lipinski definition) is 1. The van der Waals surface area contributed by atoms with E-state index in [2.05, 4.69) is 23.2 Å². The van der Waals surface area contributed by atoms with Crippen molar-refractivity contribution < 1.29 is 4.79 Å². The molecule has 1 N–H and O–H groups in total. The van der Waals surface area contributed by atoms with Gasteiger partial charge in [0.25, 0.3) is 0 Å². The predicted molar refractivity (Wildman–Crippen MR) is 65.1 cm³/mol. The van der Waals surface area contributed by atoms with Crippen LogP contribution in [0.1, 0.15) is 25.0 Å². The van der Waals surface area contributed by atoms with Crippen LogP contribution in [0.4, 0.5) is 0 Å².